The topological polar surface area (TPSA) is 76.2 Å². The molecule has 2 aliphatic heterocycles. The molecule has 0 unspecified atom stereocenters. The number of ether oxygens (including phenoxy) is 2. The number of carbonyl (C=O) groups is 3. The molecule has 0 aliphatic carbocycles. The lowest BCUT2D eigenvalue weighted by molar-refractivity contribution is -0.146. The van der Waals surface area contributed by atoms with Crippen LogP contribution in [0.1, 0.15) is 73.1 Å². The lowest BCUT2D eigenvalue weighted by atomic mass is 9.78. The fraction of sp³-hybridized carbons (Fsp3) is 0.864. The first-order valence-electron chi connectivity index (χ1n) is 10.8. The maximum Gasteiger partial charge on any atom is 0.409 e. The molecular formula is C22H38N2O5. The molecule has 2 aliphatic rings. The molecule has 0 bridgehead atoms. The quantitative estimate of drug-likeness (QED) is 0.493. The molecule has 0 aromatic rings. The lowest BCUT2D eigenvalue weighted by Crippen LogP contribution is -2.63. The van der Waals surface area contributed by atoms with Gasteiger partial charge in [-0.15, -0.1) is 0 Å². The summed E-state index contributed by atoms with van der Waals surface area (Å²) < 4.78 is 9.95. The number of hydrogen-bond acceptors (Lipinski definition) is 6. The summed E-state index contributed by atoms with van der Waals surface area (Å²) in [4.78, 5) is 41.1. The SMILES string of the molecule is CCOC(=O)CC(=O)[C@H]1CCN(C(=O)OC)[C@H](CN2C(C)(C)CCCC2(C)C)C1. The summed E-state index contributed by atoms with van der Waals surface area (Å²) in [6.07, 6.45) is 3.96. The zero-order valence-electron chi connectivity index (χ0n) is 19.0. The van der Waals surface area contributed by atoms with Crippen LogP contribution >= 0.6 is 0 Å². The first-order valence-corrected chi connectivity index (χ1v) is 10.8. The summed E-state index contributed by atoms with van der Waals surface area (Å²) in [7, 11) is 1.39. The van der Waals surface area contributed by atoms with Crippen LogP contribution in [0, 0.1) is 5.92 Å². The van der Waals surface area contributed by atoms with Crippen LogP contribution in [-0.2, 0) is 19.1 Å². The van der Waals surface area contributed by atoms with Crippen LogP contribution in [0.2, 0.25) is 0 Å². The van der Waals surface area contributed by atoms with E-state index in [1.807, 2.05) is 0 Å². The minimum Gasteiger partial charge on any atom is -0.466 e. The molecule has 29 heavy (non-hydrogen) atoms. The van der Waals surface area contributed by atoms with E-state index in [2.05, 4.69) is 32.6 Å². The normalized spacial score (nSPS) is 26.6. The van der Waals surface area contributed by atoms with Crippen molar-refractivity contribution in [1.82, 2.24) is 9.80 Å². The lowest BCUT2D eigenvalue weighted by Gasteiger charge is -2.55. The molecule has 2 rings (SSSR count). The van der Waals surface area contributed by atoms with Crippen molar-refractivity contribution in [2.75, 3.05) is 26.8 Å². The Labute approximate surface area is 175 Å². The van der Waals surface area contributed by atoms with Gasteiger partial charge in [-0.25, -0.2) is 4.79 Å². The average molecular weight is 411 g/mol. The number of likely N-dealkylation sites (tertiary alicyclic amines) is 2. The third kappa shape index (κ3) is 5.71. The van der Waals surface area contributed by atoms with Gasteiger partial charge in [0, 0.05) is 36.1 Å². The van der Waals surface area contributed by atoms with Gasteiger partial charge in [0.1, 0.15) is 12.2 Å². The fourth-order valence-corrected chi connectivity index (χ4v) is 5.12. The Hall–Kier alpha value is -1.63. The van der Waals surface area contributed by atoms with Crippen molar-refractivity contribution in [3.8, 4) is 0 Å². The molecule has 2 atom stereocenters. The molecule has 0 aromatic carbocycles. The van der Waals surface area contributed by atoms with Crippen LogP contribution in [0.15, 0.2) is 0 Å². The molecule has 2 fully saturated rings. The van der Waals surface area contributed by atoms with Gasteiger partial charge in [-0.3, -0.25) is 14.5 Å². The highest BCUT2D eigenvalue weighted by Gasteiger charge is 2.45. The number of Topliss-reactive ketones (excluding diaryl/α,β-unsaturated/α-hetero) is 1. The summed E-state index contributed by atoms with van der Waals surface area (Å²) in [6.45, 7) is 12.2. The highest BCUT2D eigenvalue weighted by molar-refractivity contribution is 5.96. The van der Waals surface area contributed by atoms with Crippen molar-refractivity contribution in [3.05, 3.63) is 0 Å². The van der Waals surface area contributed by atoms with Gasteiger partial charge in [-0.1, -0.05) is 0 Å². The number of rotatable bonds is 6. The first-order chi connectivity index (χ1) is 13.5. The predicted molar refractivity (Wildman–Crippen MR) is 111 cm³/mol. The molecular weight excluding hydrogens is 372 g/mol. The molecule has 7 heteroatoms. The van der Waals surface area contributed by atoms with Gasteiger partial charge >= 0.3 is 12.1 Å². The smallest absolute Gasteiger partial charge is 0.409 e. The molecule has 2 heterocycles. The van der Waals surface area contributed by atoms with Gasteiger partial charge in [-0.2, -0.15) is 0 Å². The van der Waals surface area contributed by atoms with Crippen molar-refractivity contribution < 1.29 is 23.9 Å². The van der Waals surface area contributed by atoms with E-state index in [1.54, 1.807) is 11.8 Å². The molecule has 1 amide bonds. The second-order valence-corrected chi connectivity index (χ2v) is 9.58. The van der Waals surface area contributed by atoms with Gasteiger partial charge in [-0.05, 0) is 66.7 Å². The van der Waals surface area contributed by atoms with Crippen LogP contribution in [0.25, 0.3) is 0 Å². The number of methoxy groups -OCH3 is 1. The van der Waals surface area contributed by atoms with Gasteiger partial charge in [0.25, 0.3) is 0 Å². The average Bonchev–Trinajstić information content (AvgIpc) is 2.63. The third-order valence-electron chi connectivity index (χ3n) is 6.64. The van der Waals surface area contributed by atoms with Crippen molar-refractivity contribution in [3.63, 3.8) is 0 Å². The first kappa shape index (κ1) is 23.6. The highest BCUT2D eigenvalue weighted by atomic mass is 16.5. The second kappa shape index (κ2) is 9.45. The molecule has 0 radical (unpaired) electrons. The minimum atomic E-state index is -0.470. The monoisotopic (exact) mass is 410 g/mol. The largest absolute Gasteiger partial charge is 0.466 e. The second-order valence-electron chi connectivity index (χ2n) is 9.58. The van der Waals surface area contributed by atoms with Crippen molar-refractivity contribution >= 4 is 17.8 Å². The van der Waals surface area contributed by atoms with Gasteiger partial charge < -0.3 is 14.4 Å². The summed E-state index contributed by atoms with van der Waals surface area (Å²) in [6, 6.07) is -0.121. The summed E-state index contributed by atoms with van der Waals surface area (Å²) in [5.74, 6) is -0.792. The van der Waals surface area contributed by atoms with Gasteiger partial charge in [0.15, 0.2) is 0 Å². The van der Waals surface area contributed by atoms with E-state index in [-0.39, 0.29) is 47.9 Å². The predicted octanol–water partition coefficient (Wildman–Crippen LogP) is 3.40. The molecule has 0 saturated carbocycles. The van der Waals surface area contributed by atoms with Gasteiger partial charge in [0.2, 0.25) is 0 Å². The Bertz CT molecular complexity index is 600. The number of carbonyl (C=O) groups excluding carboxylic acids is 3. The molecule has 166 valence electrons. The standard InChI is InChI=1S/C22H38N2O5/c1-7-29-19(26)14-18(25)16-9-12-23(20(27)28-6)17(13-16)15-24-21(2,3)10-8-11-22(24,4)5/h16-17H,7-15H2,1-6H3/t16-,17-/m0/s1. The molecule has 2 saturated heterocycles. The van der Waals surface area contributed by atoms with E-state index in [9.17, 15) is 14.4 Å². The van der Waals surface area contributed by atoms with E-state index in [1.165, 1.54) is 13.5 Å². The van der Waals surface area contributed by atoms with E-state index in [0.717, 1.165) is 12.8 Å². The minimum absolute atomic E-state index is 0.0193. The maximum atomic E-state index is 12.7. The summed E-state index contributed by atoms with van der Waals surface area (Å²) in [5.41, 5.74) is 0.0385. The van der Waals surface area contributed by atoms with Crippen LogP contribution in [0.5, 0.6) is 0 Å². The Kier molecular flexibility index (Phi) is 7.71. The van der Waals surface area contributed by atoms with Gasteiger partial charge in [0.05, 0.1) is 13.7 Å². The number of nitrogens with zero attached hydrogens (tertiary/aromatic N) is 2. The zero-order chi connectivity index (χ0) is 21.8. The maximum absolute atomic E-state index is 12.7. The molecule has 0 N–H and O–H groups in total. The fourth-order valence-electron chi connectivity index (χ4n) is 5.12. The Morgan fingerprint density at radius 1 is 1.07 bits per heavy atom. The van der Waals surface area contributed by atoms with Crippen molar-refractivity contribution in [2.45, 2.75) is 90.3 Å². The zero-order valence-corrected chi connectivity index (χ0v) is 19.0. The van der Waals surface area contributed by atoms with Crippen LogP contribution in [-0.4, -0.2) is 71.6 Å². The number of esters is 1. The number of piperidine rings is 2. The summed E-state index contributed by atoms with van der Waals surface area (Å²) >= 11 is 0. The molecule has 7 nitrogen and oxygen atoms in total. The van der Waals surface area contributed by atoms with Crippen LogP contribution < -0.4 is 0 Å². The Morgan fingerprint density at radius 2 is 1.69 bits per heavy atom. The Balaban J connectivity index is 2.18. The van der Waals surface area contributed by atoms with Crippen molar-refractivity contribution in [1.29, 1.82) is 0 Å². The van der Waals surface area contributed by atoms with E-state index >= 15 is 0 Å². The van der Waals surface area contributed by atoms with E-state index < -0.39 is 5.97 Å². The van der Waals surface area contributed by atoms with E-state index in [4.69, 9.17) is 9.47 Å². The summed E-state index contributed by atoms with van der Waals surface area (Å²) in [5, 5.41) is 0. The number of ketones is 1. The van der Waals surface area contributed by atoms with Crippen LogP contribution in [0.3, 0.4) is 0 Å². The molecule has 0 spiro atoms. The van der Waals surface area contributed by atoms with E-state index in [0.29, 0.717) is 25.9 Å². The molecule has 0 aromatic heterocycles. The van der Waals surface area contributed by atoms with Crippen molar-refractivity contribution in [2.24, 2.45) is 5.92 Å². The third-order valence-corrected chi connectivity index (χ3v) is 6.64. The Morgan fingerprint density at radius 3 is 2.24 bits per heavy atom. The number of amides is 1. The van der Waals surface area contributed by atoms with Crippen LogP contribution in [0.4, 0.5) is 4.79 Å². The highest BCUT2D eigenvalue weighted by Crippen LogP contribution is 2.39. The number of hydrogen-bond donors (Lipinski definition) is 0.